The first kappa shape index (κ1) is 14.4. The van der Waals surface area contributed by atoms with Crippen molar-refractivity contribution in [2.24, 2.45) is 0 Å². The minimum Gasteiger partial charge on any atom is -0.480 e. The highest BCUT2D eigenvalue weighted by Crippen LogP contribution is 2.27. The third-order valence-corrected chi connectivity index (χ3v) is 5.34. The van der Waals surface area contributed by atoms with E-state index in [0.29, 0.717) is 5.75 Å². The minimum absolute atomic E-state index is 0.0623. The molecule has 1 aliphatic rings. The maximum Gasteiger partial charge on any atom is 0.323 e. The summed E-state index contributed by atoms with van der Waals surface area (Å²) in [7, 11) is 0. The summed E-state index contributed by atoms with van der Waals surface area (Å²) in [5.74, 6) is -0.668. The van der Waals surface area contributed by atoms with Crippen LogP contribution in [-0.2, 0) is 9.59 Å². The van der Waals surface area contributed by atoms with E-state index in [-0.39, 0.29) is 18.5 Å². The van der Waals surface area contributed by atoms with E-state index in [1.807, 2.05) is 17.5 Å². The molecule has 6 heteroatoms. The fraction of sp³-hybridized carbons (Fsp3) is 0.538. The lowest BCUT2D eigenvalue weighted by molar-refractivity contribution is -0.145. The third kappa shape index (κ3) is 4.24. The average Bonchev–Trinajstić information content (AvgIpc) is 3.05. The van der Waals surface area contributed by atoms with Gasteiger partial charge in [0.2, 0.25) is 5.91 Å². The molecule has 19 heavy (non-hydrogen) atoms. The van der Waals surface area contributed by atoms with Gasteiger partial charge < -0.3 is 10.0 Å². The van der Waals surface area contributed by atoms with Gasteiger partial charge >= 0.3 is 5.97 Å². The second-order valence-electron chi connectivity index (χ2n) is 4.57. The van der Waals surface area contributed by atoms with Crippen molar-refractivity contribution in [2.45, 2.75) is 35.9 Å². The van der Waals surface area contributed by atoms with Gasteiger partial charge in [0.1, 0.15) is 6.54 Å². The van der Waals surface area contributed by atoms with Gasteiger partial charge in [-0.1, -0.05) is 18.9 Å². The molecule has 1 heterocycles. The van der Waals surface area contributed by atoms with Crippen molar-refractivity contribution in [3.63, 3.8) is 0 Å². The van der Waals surface area contributed by atoms with Crippen LogP contribution in [0.25, 0.3) is 0 Å². The Hall–Kier alpha value is -1.01. The van der Waals surface area contributed by atoms with Gasteiger partial charge in [0.25, 0.3) is 0 Å². The van der Waals surface area contributed by atoms with E-state index in [9.17, 15) is 9.59 Å². The van der Waals surface area contributed by atoms with Crippen LogP contribution in [0.5, 0.6) is 0 Å². The quantitative estimate of drug-likeness (QED) is 0.821. The van der Waals surface area contributed by atoms with Crippen LogP contribution < -0.4 is 0 Å². The van der Waals surface area contributed by atoms with E-state index >= 15 is 0 Å². The zero-order chi connectivity index (χ0) is 13.7. The predicted molar refractivity (Wildman–Crippen MR) is 76.6 cm³/mol. The van der Waals surface area contributed by atoms with Crippen LogP contribution in [0.2, 0.25) is 0 Å². The van der Waals surface area contributed by atoms with Crippen molar-refractivity contribution >= 4 is 35.0 Å². The van der Waals surface area contributed by atoms with Gasteiger partial charge in [-0.05, 0) is 24.3 Å². The molecule has 1 aromatic heterocycles. The van der Waals surface area contributed by atoms with E-state index in [0.717, 1.165) is 29.9 Å². The molecule has 1 aromatic rings. The molecule has 1 amide bonds. The molecule has 1 fully saturated rings. The van der Waals surface area contributed by atoms with Crippen molar-refractivity contribution in [3.8, 4) is 0 Å². The van der Waals surface area contributed by atoms with Gasteiger partial charge in [-0.2, -0.15) is 0 Å². The molecule has 0 saturated heterocycles. The number of aliphatic carboxylic acids is 1. The number of hydrogen-bond donors (Lipinski definition) is 1. The van der Waals surface area contributed by atoms with Crippen molar-refractivity contribution in [1.82, 2.24) is 4.90 Å². The highest BCUT2D eigenvalue weighted by molar-refractivity contribution is 8.01. The fourth-order valence-electron chi connectivity index (χ4n) is 2.34. The molecular weight excluding hydrogens is 282 g/mol. The monoisotopic (exact) mass is 299 g/mol. The van der Waals surface area contributed by atoms with Crippen molar-refractivity contribution in [1.29, 1.82) is 0 Å². The number of thiophene rings is 1. The standard InChI is InChI=1S/C13H17NO3S2/c15-11(9-19-13-6-3-7-18-13)14(8-12(16)17)10-4-1-2-5-10/h3,6-7,10H,1-2,4-5,8-9H2,(H,16,17). The summed E-state index contributed by atoms with van der Waals surface area (Å²) in [6.45, 7) is -0.172. The zero-order valence-corrected chi connectivity index (χ0v) is 12.2. The van der Waals surface area contributed by atoms with Crippen molar-refractivity contribution < 1.29 is 14.7 Å². The Bertz CT molecular complexity index is 427. The highest BCUT2D eigenvalue weighted by atomic mass is 32.2. The Morgan fingerprint density at radius 1 is 1.42 bits per heavy atom. The van der Waals surface area contributed by atoms with E-state index in [1.165, 1.54) is 11.8 Å². The predicted octanol–water partition coefficient (Wildman–Crippen LogP) is 2.70. The Kier molecular flexibility index (Phi) is 5.27. The van der Waals surface area contributed by atoms with Gasteiger partial charge in [0.05, 0.1) is 9.96 Å². The van der Waals surface area contributed by atoms with Crippen molar-refractivity contribution in [2.75, 3.05) is 12.3 Å². The molecule has 1 N–H and O–H groups in total. The van der Waals surface area contributed by atoms with Gasteiger partial charge in [-0.3, -0.25) is 9.59 Å². The first-order chi connectivity index (χ1) is 9.16. The molecule has 1 saturated carbocycles. The second kappa shape index (κ2) is 6.96. The topological polar surface area (TPSA) is 57.6 Å². The van der Waals surface area contributed by atoms with Crippen LogP contribution in [0.15, 0.2) is 21.7 Å². The van der Waals surface area contributed by atoms with E-state index in [1.54, 1.807) is 16.2 Å². The summed E-state index contributed by atoms with van der Waals surface area (Å²) in [6.07, 6.45) is 4.05. The normalized spacial score (nSPS) is 15.6. The number of hydrogen-bond acceptors (Lipinski definition) is 4. The zero-order valence-electron chi connectivity index (χ0n) is 10.6. The Morgan fingerprint density at radius 3 is 2.74 bits per heavy atom. The molecule has 0 atom stereocenters. The van der Waals surface area contributed by atoms with Gasteiger partial charge in [0, 0.05) is 6.04 Å². The van der Waals surface area contributed by atoms with E-state index in [2.05, 4.69) is 0 Å². The van der Waals surface area contributed by atoms with Crippen LogP contribution in [0.3, 0.4) is 0 Å². The molecule has 0 bridgehead atoms. The lowest BCUT2D eigenvalue weighted by atomic mass is 10.2. The second-order valence-corrected chi connectivity index (χ2v) is 6.80. The number of nitrogens with zero attached hydrogens (tertiary/aromatic N) is 1. The molecule has 2 rings (SSSR count). The number of carbonyl (C=O) groups excluding carboxylic acids is 1. The Morgan fingerprint density at radius 2 is 2.16 bits per heavy atom. The molecule has 0 spiro atoms. The third-order valence-electron chi connectivity index (χ3n) is 3.22. The van der Waals surface area contributed by atoms with E-state index < -0.39 is 5.97 Å². The summed E-state index contributed by atoms with van der Waals surface area (Å²) in [5.41, 5.74) is 0. The fourth-order valence-corrected chi connectivity index (χ4v) is 4.01. The highest BCUT2D eigenvalue weighted by Gasteiger charge is 2.28. The van der Waals surface area contributed by atoms with Gasteiger partial charge in [0.15, 0.2) is 0 Å². The molecule has 0 aliphatic heterocycles. The van der Waals surface area contributed by atoms with Crippen LogP contribution in [0.1, 0.15) is 25.7 Å². The van der Waals surface area contributed by atoms with Crippen LogP contribution in [0, 0.1) is 0 Å². The number of carboxylic acids is 1. The van der Waals surface area contributed by atoms with Gasteiger partial charge in [-0.15, -0.1) is 23.1 Å². The summed E-state index contributed by atoms with van der Waals surface area (Å²) >= 11 is 3.08. The van der Waals surface area contributed by atoms with Gasteiger partial charge in [-0.25, -0.2) is 0 Å². The molecule has 4 nitrogen and oxygen atoms in total. The first-order valence-corrected chi connectivity index (χ1v) is 8.21. The largest absolute Gasteiger partial charge is 0.480 e. The number of carboxylic acid groups (broad SMARTS) is 1. The number of amides is 1. The number of carbonyl (C=O) groups is 2. The number of rotatable bonds is 6. The summed E-state index contributed by atoms with van der Waals surface area (Å²) in [6, 6.07) is 4.04. The van der Waals surface area contributed by atoms with Crippen LogP contribution in [-0.4, -0.2) is 40.2 Å². The lowest BCUT2D eigenvalue weighted by Gasteiger charge is -2.27. The Labute approximate surface area is 120 Å². The maximum absolute atomic E-state index is 12.2. The molecule has 0 radical (unpaired) electrons. The maximum atomic E-state index is 12.2. The van der Waals surface area contributed by atoms with Crippen LogP contribution in [0.4, 0.5) is 0 Å². The molecule has 0 aromatic carbocycles. The van der Waals surface area contributed by atoms with Crippen molar-refractivity contribution in [3.05, 3.63) is 17.5 Å². The molecule has 104 valence electrons. The summed E-state index contributed by atoms with van der Waals surface area (Å²) in [4.78, 5) is 24.7. The summed E-state index contributed by atoms with van der Waals surface area (Å²) in [5, 5.41) is 10.9. The van der Waals surface area contributed by atoms with Crippen LogP contribution >= 0.6 is 23.1 Å². The summed E-state index contributed by atoms with van der Waals surface area (Å²) < 4.78 is 1.09. The molecule has 1 aliphatic carbocycles. The first-order valence-electron chi connectivity index (χ1n) is 6.34. The minimum atomic E-state index is -0.929. The molecule has 0 unspecified atom stereocenters. The smallest absolute Gasteiger partial charge is 0.323 e. The van der Waals surface area contributed by atoms with E-state index in [4.69, 9.17) is 5.11 Å². The SMILES string of the molecule is O=C(O)CN(C(=O)CSc1cccs1)C1CCCC1. The Balaban J connectivity index is 1.92. The average molecular weight is 299 g/mol. The molecular formula is C13H17NO3S2. The number of thioether (sulfide) groups is 1. The lowest BCUT2D eigenvalue weighted by Crippen LogP contribution is -2.43.